The maximum atomic E-state index is 6.03. The number of nitrogens with zero attached hydrogens (tertiary/aromatic N) is 1. The van der Waals surface area contributed by atoms with Crippen LogP contribution >= 0.6 is 38.5 Å². The lowest BCUT2D eigenvalue weighted by Gasteiger charge is -2.13. The molecular weight excluding hydrogens is 545 g/mol. The molecule has 0 aliphatic rings. The topological polar surface area (TPSA) is 40.0 Å². The van der Waals surface area contributed by atoms with E-state index in [1.165, 1.54) is 0 Å². The number of rotatable bonds is 8. The second kappa shape index (κ2) is 10.6. The van der Waals surface area contributed by atoms with E-state index < -0.39 is 0 Å². The molecule has 0 radical (unpaired) electrons. The summed E-state index contributed by atoms with van der Waals surface area (Å²) in [5.74, 6) is 2.26. The smallest absolute Gasteiger partial charge is 0.174 e. The summed E-state index contributed by atoms with van der Waals surface area (Å²) < 4.78 is 19.1. The van der Waals surface area contributed by atoms with Gasteiger partial charge in [-0.3, -0.25) is 4.99 Å². The minimum atomic E-state index is 0.471. The minimum Gasteiger partial charge on any atom is -0.494 e. The number of benzene rings is 3. The third kappa shape index (κ3) is 6.21. The second-order valence-corrected chi connectivity index (χ2v) is 8.21. The number of hydrogen-bond acceptors (Lipinski definition) is 4. The van der Waals surface area contributed by atoms with Crippen molar-refractivity contribution in [2.45, 2.75) is 13.5 Å². The molecule has 0 aromatic heterocycles. The number of methoxy groups -OCH3 is 1. The fourth-order valence-electron chi connectivity index (χ4n) is 2.63. The molecule has 150 valence electrons. The molecule has 0 fully saturated rings. The van der Waals surface area contributed by atoms with Crippen LogP contribution in [0.1, 0.15) is 18.1 Å². The van der Waals surface area contributed by atoms with Gasteiger partial charge in [0.2, 0.25) is 0 Å². The van der Waals surface area contributed by atoms with Crippen LogP contribution in [0.3, 0.4) is 0 Å². The zero-order valence-electron chi connectivity index (χ0n) is 16.2. The first-order valence-electron chi connectivity index (χ1n) is 9.10. The van der Waals surface area contributed by atoms with Crippen molar-refractivity contribution in [3.8, 4) is 17.2 Å². The minimum absolute atomic E-state index is 0.471. The van der Waals surface area contributed by atoms with Gasteiger partial charge in [-0.15, -0.1) is 0 Å². The highest BCUT2D eigenvalue weighted by Gasteiger charge is 2.11. The van der Waals surface area contributed by atoms with Gasteiger partial charge in [0.05, 0.1) is 23.0 Å². The Morgan fingerprint density at radius 3 is 2.38 bits per heavy atom. The van der Waals surface area contributed by atoms with Crippen molar-refractivity contribution in [3.05, 3.63) is 79.8 Å². The average Bonchev–Trinajstić information content (AvgIpc) is 2.73. The molecular formula is C23H21BrINO3. The maximum Gasteiger partial charge on any atom is 0.174 e. The fourth-order valence-corrected chi connectivity index (χ4v) is 3.68. The summed E-state index contributed by atoms with van der Waals surface area (Å²) in [6.07, 6.45) is 1.82. The van der Waals surface area contributed by atoms with E-state index in [4.69, 9.17) is 14.2 Å². The van der Waals surface area contributed by atoms with Crippen LogP contribution in [0.2, 0.25) is 0 Å². The van der Waals surface area contributed by atoms with Crippen LogP contribution in [0.15, 0.2) is 70.1 Å². The Bertz CT molecular complexity index is 973. The Balaban J connectivity index is 1.74. The zero-order valence-corrected chi connectivity index (χ0v) is 19.9. The van der Waals surface area contributed by atoms with E-state index in [0.717, 1.165) is 36.4 Å². The summed E-state index contributed by atoms with van der Waals surface area (Å²) >= 11 is 5.71. The molecule has 0 bridgehead atoms. The molecule has 4 nitrogen and oxygen atoms in total. The largest absolute Gasteiger partial charge is 0.494 e. The van der Waals surface area contributed by atoms with E-state index in [-0.39, 0.29) is 0 Å². The summed E-state index contributed by atoms with van der Waals surface area (Å²) in [5, 5.41) is 0. The summed E-state index contributed by atoms with van der Waals surface area (Å²) in [4.78, 5) is 4.54. The maximum absolute atomic E-state index is 6.03. The molecule has 0 aliphatic carbocycles. The first-order valence-corrected chi connectivity index (χ1v) is 11.0. The van der Waals surface area contributed by atoms with Crippen LogP contribution < -0.4 is 14.2 Å². The third-order valence-corrected chi connectivity index (χ3v) is 5.39. The Morgan fingerprint density at radius 1 is 1.00 bits per heavy atom. The normalized spacial score (nSPS) is 10.9. The summed E-state index contributed by atoms with van der Waals surface area (Å²) in [7, 11) is 1.64. The van der Waals surface area contributed by atoms with E-state index >= 15 is 0 Å². The molecule has 6 heteroatoms. The van der Waals surface area contributed by atoms with E-state index in [0.29, 0.717) is 19.0 Å². The van der Waals surface area contributed by atoms with Gasteiger partial charge in [0.25, 0.3) is 0 Å². The van der Waals surface area contributed by atoms with Gasteiger partial charge in [0, 0.05) is 10.7 Å². The molecule has 0 amide bonds. The molecule has 0 aliphatic heterocycles. The van der Waals surface area contributed by atoms with Crippen LogP contribution in [0, 0.1) is 3.57 Å². The van der Waals surface area contributed by atoms with Gasteiger partial charge in [0.1, 0.15) is 12.4 Å². The zero-order chi connectivity index (χ0) is 20.6. The molecule has 0 saturated heterocycles. The van der Waals surface area contributed by atoms with Crippen LogP contribution in [-0.2, 0) is 6.61 Å². The SMILES string of the molecule is CCOc1ccc(N=Cc2cc(I)c(OCc3ccc(Br)cc3)c(OC)c2)cc1. The molecule has 0 saturated carbocycles. The number of ether oxygens (including phenoxy) is 3. The molecule has 0 atom stereocenters. The molecule has 0 heterocycles. The highest BCUT2D eigenvalue weighted by atomic mass is 127. The van der Waals surface area contributed by atoms with Crippen LogP contribution in [-0.4, -0.2) is 19.9 Å². The second-order valence-electron chi connectivity index (χ2n) is 6.13. The summed E-state index contributed by atoms with van der Waals surface area (Å²) in [6.45, 7) is 3.09. The van der Waals surface area contributed by atoms with Crippen molar-refractivity contribution in [1.29, 1.82) is 0 Å². The quantitative estimate of drug-likeness (QED) is 0.223. The lowest BCUT2D eigenvalue weighted by atomic mass is 10.2. The molecule has 0 N–H and O–H groups in total. The van der Waals surface area contributed by atoms with Crippen molar-refractivity contribution in [1.82, 2.24) is 0 Å². The summed E-state index contributed by atoms with van der Waals surface area (Å²) in [5.41, 5.74) is 2.89. The van der Waals surface area contributed by atoms with E-state index in [2.05, 4.69) is 43.5 Å². The van der Waals surface area contributed by atoms with Gasteiger partial charge >= 0.3 is 0 Å². The molecule has 3 rings (SSSR count). The highest BCUT2D eigenvalue weighted by Crippen LogP contribution is 2.34. The monoisotopic (exact) mass is 565 g/mol. The number of halogens is 2. The average molecular weight is 566 g/mol. The standard InChI is InChI=1S/C23H21BrINO3/c1-3-28-20-10-8-19(9-11-20)26-14-17-12-21(25)23(22(13-17)27-2)29-15-16-4-6-18(24)7-5-16/h4-14H,3,15H2,1-2H3. The highest BCUT2D eigenvalue weighted by molar-refractivity contribution is 14.1. The van der Waals surface area contributed by atoms with Crippen molar-refractivity contribution in [2.24, 2.45) is 4.99 Å². The third-order valence-electron chi connectivity index (χ3n) is 4.06. The van der Waals surface area contributed by atoms with E-state index in [9.17, 15) is 0 Å². The van der Waals surface area contributed by atoms with Crippen molar-refractivity contribution >= 4 is 50.4 Å². The van der Waals surface area contributed by atoms with Gasteiger partial charge in [-0.25, -0.2) is 0 Å². The lowest BCUT2D eigenvalue weighted by Crippen LogP contribution is -2.00. The molecule has 3 aromatic rings. The van der Waals surface area contributed by atoms with Gasteiger partial charge in [-0.1, -0.05) is 28.1 Å². The molecule has 0 unspecified atom stereocenters. The lowest BCUT2D eigenvalue weighted by molar-refractivity contribution is 0.282. The van der Waals surface area contributed by atoms with Crippen LogP contribution in [0.5, 0.6) is 17.2 Å². The van der Waals surface area contributed by atoms with Gasteiger partial charge in [-0.2, -0.15) is 0 Å². The van der Waals surface area contributed by atoms with Crippen molar-refractivity contribution in [3.63, 3.8) is 0 Å². The Kier molecular flexibility index (Phi) is 7.94. The van der Waals surface area contributed by atoms with Crippen LogP contribution in [0.25, 0.3) is 0 Å². The van der Waals surface area contributed by atoms with E-state index in [1.807, 2.05) is 73.8 Å². The Labute approximate surface area is 193 Å². The van der Waals surface area contributed by atoms with Crippen LogP contribution in [0.4, 0.5) is 5.69 Å². The Morgan fingerprint density at radius 2 is 1.72 bits per heavy atom. The molecule has 3 aromatic carbocycles. The molecule has 0 spiro atoms. The van der Waals surface area contributed by atoms with Gasteiger partial charge in [-0.05, 0) is 89.2 Å². The number of hydrogen-bond donors (Lipinski definition) is 0. The Hall–Kier alpha value is -2.06. The fraction of sp³-hybridized carbons (Fsp3) is 0.174. The number of aliphatic imine (C=N–C) groups is 1. The summed E-state index contributed by atoms with van der Waals surface area (Å²) in [6, 6.07) is 19.7. The first-order chi connectivity index (χ1) is 14.1. The molecule has 29 heavy (non-hydrogen) atoms. The first kappa shape index (κ1) is 21.6. The predicted octanol–water partition coefficient (Wildman–Crippen LogP) is 6.79. The predicted molar refractivity (Wildman–Crippen MR) is 129 cm³/mol. The van der Waals surface area contributed by atoms with Crippen molar-refractivity contribution in [2.75, 3.05) is 13.7 Å². The van der Waals surface area contributed by atoms with E-state index in [1.54, 1.807) is 7.11 Å². The van der Waals surface area contributed by atoms with Gasteiger partial charge < -0.3 is 14.2 Å². The van der Waals surface area contributed by atoms with Crippen molar-refractivity contribution < 1.29 is 14.2 Å². The van der Waals surface area contributed by atoms with Gasteiger partial charge in [0.15, 0.2) is 11.5 Å².